The summed E-state index contributed by atoms with van der Waals surface area (Å²) in [5.41, 5.74) is 0. The van der Waals surface area contributed by atoms with E-state index >= 15 is 0 Å². The molecule has 0 aromatic rings. The lowest BCUT2D eigenvalue weighted by Gasteiger charge is -2.37. The van der Waals surface area contributed by atoms with Gasteiger partial charge in [-0.05, 0) is 47.6 Å². The third-order valence-corrected chi connectivity index (χ3v) is 8.80. The highest BCUT2D eigenvalue weighted by molar-refractivity contribution is 7.56. The van der Waals surface area contributed by atoms with Gasteiger partial charge in [0.15, 0.2) is 0 Å². The Labute approximate surface area is 165 Å². The molecule has 158 valence electrons. The molecular weight excluding hydrogens is 341 g/mol. The Balaban J connectivity index is 3.89. The average Bonchev–Trinajstić information content (AvgIpc) is 2.61. The van der Waals surface area contributed by atoms with Crippen LogP contribution >= 0.6 is 7.59 Å². The van der Waals surface area contributed by atoms with Crippen molar-refractivity contribution in [2.75, 3.05) is 41.8 Å². The Morgan fingerprint density at radius 2 is 1.15 bits per heavy atom. The van der Waals surface area contributed by atoms with E-state index in [0.717, 1.165) is 18.9 Å². The van der Waals surface area contributed by atoms with Gasteiger partial charge < -0.3 is 0 Å². The van der Waals surface area contributed by atoms with Crippen molar-refractivity contribution in [2.45, 2.75) is 90.9 Å². The standard InChI is InChI=1S/C21H48N3OP/c1-8-10-11-12-15-18-21(9-2)19-16-13-14-17-20-24(7)26(25,22(3)4)23(5)6/h21H,8-20H2,1-7H3. The van der Waals surface area contributed by atoms with Crippen LogP contribution in [0.3, 0.4) is 0 Å². The zero-order chi connectivity index (χ0) is 20.0. The highest BCUT2D eigenvalue weighted by Crippen LogP contribution is 2.51. The lowest BCUT2D eigenvalue weighted by molar-refractivity contribution is 0.349. The van der Waals surface area contributed by atoms with Gasteiger partial charge in [-0.15, -0.1) is 0 Å². The highest BCUT2D eigenvalue weighted by Gasteiger charge is 2.32. The predicted octanol–water partition coefficient (Wildman–Crippen LogP) is 6.49. The van der Waals surface area contributed by atoms with Gasteiger partial charge in [0.1, 0.15) is 0 Å². The van der Waals surface area contributed by atoms with Gasteiger partial charge >= 0.3 is 0 Å². The van der Waals surface area contributed by atoms with Crippen LogP contribution in [0.5, 0.6) is 0 Å². The maximum atomic E-state index is 13.1. The fraction of sp³-hybridized carbons (Fsp3) is 1.00. The van der Waals surface area contributed by atoms with Crippen molar-refractivity contribution >= 4 is 7.59 Å². The zero-order valence-electron chi connectivity index (χ0n) is 19.0. The number of hydrogen-bond donors (Lipinski definition) is 0. The van der Waals surface area contributed by atoms with Crippen molar-refractivity contribution < 1.29 is 4.57 Å². The molecule has 0 fully saturated rings. The summed E-state index contributed by atoms with van der Waals surface area (Å²) in [6, 6.07) is 0. The number of unbranched alkanes of at least 4 members (excludes halogenated alkanes) is 7. The molecule has 0 saturated heterocycles. The summed E-state index contributed by atoms with van der Waals surface area (Å²) in [6.07, 6.45) is 16.2. The number of hydrogen-bond acceptors (Lipinski definition) is 1. The van der Waals surface area contributed by atoms with E-state index in [1.807, 2.05) is 49.2 Å². The van der Waals surface area contributed by atoms with E-state index in [4.69, 9.17) is 0 Å². The van der Waals surface area contributed by atoms with Crippen molar-refractivity contribution in [3.05, 3.63) is 0 Å². The second kappa shape index (κ2) is 15.1. The van der Waals surface area contributed by atoms with Crippen LogP contribution in [0.25, 0.3) is 0 Å². The van der Waals surface area contributed by atoms with Gasteiger partial charge in [-0.25, -0.2) is 14.0 Å². The van der Waals surface area contributed by atoms with Crippen LogP contribution in [0.2, 0.25) is 0 Å². The first kappa shape index (κ1) is 26.1. The summed E-state index contributed by atoms with van der Waals surface area (Å²) in [4.78, 5) is 0. The molecule has 0 amide bonds. The van der Waals surface area contributed by atoms with Gasteiger partial charge in [0, 0.05) is 6.54 Å². The maximum Gasteiger partial charge on any atom is 0.285 e. The van der Waals surface area contributed by atoms with Crippen LogP contribution in [0.1, 0.15) is 90.9 Å². The minimum absolute atomic E-state index is 0.905. The average molecular weight is 390 g/mol. The highest BCUT2D eigenvalue weighted by atomic mass is 31.2. The molecule has 0 heterocycles. The fourth-order valence-electron chi connectivity index (χ4n) is 3.82. The monoisotopic (exact) mass is 389 g/mol. The SMILES string of the molecule is CCCCCCCC(CC)CCCCCCN(C)P(=O)(N(C)C)N(C)C. The molecule has 0 saturated carbocycles. The third kappa shape index (κ3) is 9.88. The van der Waals surface area contributed by atoms with Crippen LogP contribution in [0.4, 0.5) is 0 Å². The van der Waals surface area contributed by atoms with Gasteiger partial charge in [0.2, 0.25) is 0 Å². The smallest absolute Gasteiger partial charge is 0.270 e. The van der Waals surface area contributed by atoms with Gasteiger partial charge in [0.05, 0.1) is 0 Å². The molecule has 26 heavy (non-hydrogen) atoms. The Morgan fingerprint density at radius 3 is 1.58 bits per heavy atom. The first-order valence-electron chi connectivity index (χ1n) is 11.0. The van der Waals surface area contributed by atoms with Crippen molar-refractivity contribution in [3.8, 4) is 0 Å². The van der Waals surface area contributed by atoms with Crippen LogP contribution in [-0.4, -0.2) is 55.8 Å². The second-order valence-electron chi connectivity index (χ2n) is 8.27. The molecule has 0 aromatic heterocycles. The van der Waals surface area contributed by atoms with E-state index in [1.165, 1.54) is 70.6 Å². The van der Waals surface area contributed by atoms with Crippen molar-refractivity contribution in [2.24, 2.45) is 5.92 Å². The molecule has 0 aliphatic rings. The second-order valence-corrected chi connectivity index (χ2v) is 11.6. The Kier molecular flexibility index (Phi) is 15.1. The lowest BCUT2D eigenvalue weighted by Crippen LogP contribution is -2.33. The Bertz CT molecular complexity index is 362. The summed E-state index contributed by atoms with van der Waals surface area (Å²) in [5, 5.41) is 0. The first-order valence-corrected chi connectivity index (χ1v) is 12.5. The lowest BCUT2D eigenvalue weighted by atomic mass is 9.92. The molecule has 0 spiro atoms. The van der Waals surface area contributed by atoms with E-state index in [2.05, 4.69) is 13.8 Å². The van der Waals surface area contributed by atoms with Crippen molar-refractivity contribution in [1.29, 1.82) is 0 Å². The van der Waals surface area contributed by atoms with Crippen LogP contribution in [0.15, 0.2) is 0 Å². The van der Waals surface area contributed by atoms with E-state index in [9.17, 15) is 4.57 Å². The third-order valence-electron chi connectivity index (χ3n) is 5.62. The van der Waals surface area contributed by atoms with Crippen molar-refractivity contribution in [1.82, 2.24) is 14.0 Å². The first-order chi connectivity index (χ1) is 12.3. The van der Waals surface area contributed by atoms with Gasteiger partial charge in [0.25, 0.3) is 7.59 Å². The molecule has 4 nitrogen and oxygen atoms in total. The minimum atomic E-state index is -2.55. The Morgan fingerprint density at radius 1 is 0.692 bits per heavy atom. The molecule has 0 bridgehead atoms. The van der Waals surface area contributed by atoms with Crippen LogP contribution < -0.4 is 0 Å². The molecule has 0 radical (unpaired) electrons. The van der Waals surface area contributed by atoms with Crippen LogP contribution in [0, 0.1) is 5.92 Å². The van der Waals surface area contributed by atoms with Gasteiger partial charge in [-0.1, -0.05) is 84.5 Å². The number of nitrogens with zero attached hydrogens (tertiary/aromatic N) is 3. The molecule has 0 aromatic carbocycles. The molecule has 0 aliphatic carbocycles. The van der Waals surface area contributed by atoms with E-state index in [1.54, 1.807) is 0 Å². The number of rotatable bonds is 17. The van der Waals surface area contributed by atoms with E-state index in [0.29, 0.717) is 0 Å². The topological polar surface area (TPSA) is 26.8 Å². The van der Waals surface area contributed by atoms with Gasteiger partial charge in [-0.2, -0.15) is 0 Å². The molecule has 1 unspecified atom stereocenters. The summed E-state index contributed by atoms with van der Waals surface area (Å²) < 4.78 is 18.9. The summed E-state index contributed by atoms with van der Waals surface area (Å²) in [7, 11) is 7.07. The molecular formula is C21H48N3OP. The molecule has 0 N–H and O–H groups in total. The summed E-state index contributed by atoms with van der Waals surface area (Å²) >= 11 is 0. The molecule has 0 aliphatic heterocycles. The van der Waals surface area contributed by atoms with E-state index in [-0.39, 0.29) is 0 Å². The summed E-state index contributed by atoms with van der Waals surface area (Å²) in [6.45, 7) is 5.54. The Hall–Kier alpha value is 0.110. The quantitative estimate of drug-likeness (QED) is 0.210. The zero-order valence-corrected chi connectivity index (χ0v) is 19.9. The molecule has 0 rings (SSSR count). The fourth-order valence-corrected chi connectivity index (χ4v) is 6.15. The van der Waals surface area contributed by atoms with Crippen LogP contribution in [-0.2, 0) is 4.57 Å². The summed E-state index contributed by atoms with van der Waals surface area (Å²) in [5.74, 6) is 0.932. The molecule has 1 atom stereocenters. The largest absolute Gasteiger partial charge is 0.285 e. The van der Waals surface area contributed by atoms with E-state index < -0.39 is 7.59 Å². The van der Waals surface area contributed by atoms with Gasteiger partial charge in [-0.3, -0.25) is 4.57 Å². The molecule has 5 heteroatoms. The maximum absolute atomic E-state index is 13.1. The normalized spacial score (nSPS) is 13.9. The minimum Gasteiger partial charge on any atom is -0.270 e. The van der Waals surface area contributed by atoms with Crippen molar-refractivity contribution in [3.63, 3.8) is 0 Å². The predicted molar refractivity (Wildman–Crippen MR) is 118 cm³/mol.